The van der Waals surface area contributed by atoms with Crippen molar-refractivity contribution in [3.8, 4) is 22.4 Å². The lowest BCUT2D eigenvalue weighted by Crippen LogP contribution is -1.97. The molecule has 0 bridgehead atoms. The molecule has 4 nitrogen and oxygen atoms in total. The molecule has 6 heteroatoms. The number of halogens is 1. The van der Waals surface area contributed by atoms with E-state index in [1.165, 1.54) is 0 Å². The van der Waals surface area contributed by atoms with Crippen molar-refractivity contribution in [3.05, 3.63) is 70.6 Å². The van der Waals surface area contributed by atoms with E-state index in [0.29, 0.717) is 15.2 Å². The molecule has 0 unspecified atom stereocenters. The molecule has 0 atom stereocenters. The summed E-state index contributed by atoms with van der Waals surface area (Å²) >= 11 is 7.07. The quantitative estimate of drug-likeness (QED) is 0.487. The van der Waals surface area contributed by atoms with Gasteiger partial charge >= 0.3 is 5.97 Å². The number of rotatable bonds is 3. The zero-order valence-corrected chi connectivity index (χ0v) is 15.0. The van der Waals surface area contributed by atoms with E-state index in [2.05, 4.69) is 4.98 Å². The second kappa shape index (κ2) is 6.44. The summed E-state index contributed by atoms with van der Waals surface area (Å²) in [6.45, 7) is 0. The van der Waals surface area contributed by atoms with Gasteiger partial charge in [0.05, 0.1) is 11.4 Å². The van der Waals surface area contributed by atoms with E-state index in [4.69, 9.17) is 17.3 Å². The van der Waals surface area contributed by atoms with Crippen LogP contribution >= 0.6 is 22.9 Å². The average Bonchev–Trinajstić information content (AvgIpc) is 2.99. The highest BCUT2D eigenvalue weighted by atomic mass is 35.5. The van der Waals surface area contributed by atoms with Gasteiger partial charge in [0.15, 0.2) is 0 Å². The molecular formula is C20H13ClN2O2S. The lowest BCUT2D eigenvalue weighted by Gasteiger charge is -2.09. The van der Waals surface area contributed by atoms with Crippen LogP contribution in [0, 0.1) is 0 Å². The number of carboxylic acids is 1. The Hall–Kier alpha value is -2.89. The number of benzene rings is 2. The number of nitrogens with zero attached hydrogens (tertiary/aromatic N) is 1. The molecule has 3 N–H and O–H groups in total. The number of anilines is 1. The summed E-state index contributed by atoms with van der Waals surface area (Å²) in [4.78, 5) is 16.9. The van der Waals surface area contributed by atoms with Crippen LogP contribution in [0.2, 0.25) is 5.02 Å². The predicted octanol–water partition coefficient (Wildman–Crippen LogP) is 5.56. The van der Waals surface area contributed by atoms with Crippen LogP contribution in [0.25, 0.3) is 32.6 Å². The molecule has 4 aromatic rings. The second-order valence-corrected chi connectivity index (χ2v) is 7.19. The molecule has 0 aliphatic heterocycles. The van der Waals surface area contributed by atoms with Crippen LogP contribution in [0.15, 0.2) is 60.7 Å². The minimum atomic E-state index is -1.04. The fourth-order valence-corrected chi connectivity index (χ4v) is 3.98. The minimum absolute atomic E-state index is 0.109. The number of aromatic carboxylic acids is 1. The van der Waals surface area contributed by atoms with Crippen LogP contribution in [0.1, 0.15) is 9.67 Å². The highest BCUT2D eigenvalue weighted by Gasteiger charge is 2.21. The third-order valence-electron chi connectivity index (χ3n) is 4.12. The number of nitrogen functional groups attached to an aromatic ring is 1. The molecule has 0 spiro atoms. The first-order valence-corrected chi connectivity index (χ1v) is 9.01. The maximum atomic E-state index is 11.5. The highest BCUT2D eigenvalue weighted by Crippen LogP contribution is 2.41. The Kier molecular flexibility index (Phi) is 4.11. The van der Waals surface area contributed by atoms with Gasteiger partial charge in [-0.15, -0.1) is 11.3 Å². The summed E-state index contributed by atoms with van der Waals surface area (Å²) in [6.07, 6.45) is 0. The highest BCUT2D eigenvalue weighted by molar-refractivity contribution is 7.21. The number of hydrogen-bond acceptors (Lipinski definition) is 4. The average molecular weight is 381 g/mol. The van der Waals surface area contributed by atoms with E-state index in [-0.39, 0.29) is 10.6 Å². The Morgan fingerprint density at radius 1 is 1.04 bits per heavy atom. The van der Waals surface area contributed by atoms with Gasteiger partial charge in [0.25, 0.3) is 0 Å². The molecule has 2 heterocycles. The number of fused-ring (bicyclic) bond motifs is 1. The summed E-state index contributed by atoms with van der Waals surface area (Å²) in [7, 11) is 0. The fourth-order valence-electron chi connectivity index (χ4n) is 2.89. The van der Waals surface area contributed by atoms with Crippen molar-refractivity contribution in [2.75, 3.05) is 5.73 Å². The lowest BCUT2D eigenvalue weighted by atomic mass is 9.99. The number of carbonyl (C=O) groups is 1. The minimum Gasteiger partial charge on any atom is -0.477 e. The molecule has 4 rings (SSSR count). The van der Waals surface area contributed by atoms with Gasteiger partial charge in [-0.05, 0) is 29.3 Å². The lowest BCUT2D eigenvalue weighted by molar-refractivity contribution is 0.0703. The van der Waals surface area contributed by atoms with Crippen LogP contribution in [-0.2, 0) is 0 Å². The summed E-state index contributed by atoms with van der Waals surface area (Å²) in [6, 6.07) is 19.1. The molecule has 0 saturated carbocycles. The first kappa shape index (κ1) is 16.6. The molecule has 0 radical (unpaired) electrons. The van der Waals surface area contributed by atoms with E-state index >= 15 is 0 Å². The van der Waals surface area contributed by atoms with Crippen molar-refractivity contribution in [3.63, 3.8) is 0 Å². The van der Waals surface area contributed by atoms with Crippen LogP contribution in [-0.4, -0.2) is 16.1 Å². The first-order chi connectivity index (χ1) is 12.5. The molecule has 0 aliphatic carbocycles. The Balaban J connectivity index is 2.04. The van der Waals surface area contributed by atoms with E-state index < -0.39 is 5.97 Å². The molecule has 0 saturated heterocycles. The Morgan fingerprint density at radius 2 is 1.73 bits per heavy atom. The normalized spacial score (nSPS) is 11.0. The van der Waals surface area contributed by atoms with Crippen LogP contribution in [0.4, 0.5) is 5.69 Å². The predicted molar refractivity (Wildman–Crippen MR) is 107 cm³/mol. The maximum Gasteiger partial charge on any atom is 0.348 e. The van der Waals surface area contributed by atoms with Crippen molar-refractivity contribution in [2.45, 2.75) is 0 Å². The fraction of sp³-hybridized carbons (Fsp3) is 0. The molecule has 128 valence electrons. The summed E-state index contributed by atoms with van der Waals surface area (Å²) < 4.78 is 0. The van der Waals surface area contributed by atoms with E-state index in [0.717, 1.165) is 33.7 Å². The van der Waals surface area contributed by atoms with Crippen molar-refractivity contribution in [2.24, 2.45) is 0 Å². The smallest absolute Gasteiger partial charge is 0.348 e. The summed E-state index contributed by atoms with van der Waals surface area (Å²) in [5.41, 5.74) is 9.87. The number of hydrogen-bond donors (Lipinski definition) is 2. The van der Waals surface area contributed by atoms with Crippen LogP contribution < -0.4 is 5.73 Å². The zero-order valence-electron chi connectivity index (χ0n) is 13.4. The second-order valence-electron chi connectivity index (χ2n) is 5.76. The molecule has 0 fully saturated rings. The molecule has 2 aromatic carbocycles. The third-order valence-corrected chi connectivity index (χ3v) is 5.46. The van der Waals surface area contributed by atoms with Gasteiger partial charge in [0.1, 0.15) is 9.71 Å². The molecular weight excluding hydrogens is 368 g/mol. The Labute approximate surface area is 158 Å². The third kappa shape index (κ3) is 2.81. The largest absolute Gasteiger partial charge is 0.477 e. The first-order valence-electron chi connectivity index (χ1n) is 7.82. The topological polar surface area (TPSA) is 76.2 Å². The number of carboxylic acid groups (broad SMARTS) is 1. The van der Waals surface area contributed by atoms with Gasteiger partial charge in [-0.3, -0.25) is 0 Å². The standard InChI is InChI=1S/C20H13ClN2O2S/c21-13-8-6-12(7-9-13)15-10-14(11-4-2-1-3-5-11)16-17(22)18(20(24)25)26-19(16)23-15/h1-10H,22H2,(H,24,25). The monoisotopic (exact) mass is 380 g/mol. The maximum absolute atomic E-state index is 11.5. The SMILES string of the molecule is Nc1c(C(=O)O)sc2nc(-c3ccc(Cl)cc3)cc(-c3ccccc3)c12. The van der Waals surface area contributed by atoms with E-state index in [1.54, 1.807) is 12.1 Å². The van der Waals surface area contributed by atoms with E-state index in [9.17, 15) is 9.90 Å². The molecule has 26 heavy (non-hydrogen) atoms. The Bertz CT molecular complexity index is 1120. The number of thiophene rings is 1. The number of nitrogens with two attached hydrogens (primary N) is 1. The van der Waals surface area contributed by atoms with Crippen molar-refractivity contribution >= 4 is 44.8 Å². The van der Waals surface area contributed by atoms with Crippen LogP contribution in [0.5, 0.6) is 0 Å². The van der Waals surface area contributed by atoms with Gasteiger partial charge in [0.2, 0.25) is 0 Å². The Morgan fingerprint density at radius 3 is 2.38 bits per heavy atom. The van der Waals surface area contributed by atoms with Crippen molar-refractivity contribution in [1.82, 2.24) is 4.98 Å². The van der Waals surface area contributed by atoms with Gasteiger partial charge in [0, 0.05) is 16.0 Å². The molecule has 0 amide bonds. The molecule has 2 aromatic heterocycles. The summed E-state index contributed by atoms with van der Waals surface area (Å²) in [5.74, 6) is -1.04. The number of pyridine rings is 1. The van der Waals surface area contributed by atoms with Gasteiger partial charge in [-0.1, -0.05) is 54.1 Å². The van der Waals surface area contributed by atoms with Crippen molar-refractivity contribution < 1.29 is 9.90 Å². The van der Waals surface area contributed by atoms with Crippen LogP contribution in [0.3, 0.4) is 0 Å². The summed E-state index contributed by atoms with van der Waals surface area (Å²) in [5, 5.41) is 10.8. The number of aromatic nitrogens is 1. The van der Waals surface area contributed by atoms with Crippen molar-refractivity contribution in [1.29, 1.82) is 0 Å². The van der Waals surface area contributed by atoms with Gasteiger partial charge in [-0.25, -0.2) is 9.78 Å². The zero-order chi connectivity index (χ0) is 18.3. The molecule has 0 aliphatic rings. The van der Waals surface area contributed by atoms with E-state index in [1.807, 2.05) is 48.5 Å². The van der Waals surface area contributed by atoms with Gasteiger partial charge in [-0.2, -0.15) is 0 Å². The van der Waals surface area contributed by atoms with Gasteiger partial charge < -0.3 is 10.8 Å².